The van der Waals surface area contributed by atoms with Crippen LogP contribution in [0.15, 0.2) is 30.9 Å². The number of nitrogens with zero attached hydrogens (tertiary/aromatic N) is 4. The van der Waals surface area contributed by atoms with Gasteiger partial charge in [-0.25, -0.2) is 4.98 Å². The maximum absolute atomic E-state index is 5.67. The lowest BCUT2D eigenvalue weighted by molar-refractivity contribution is 0.102. The monoisotopic (exact) mass is 286 g/mol. The van der Waals surface area contributed by atoms with E-state index in [2.05, 4.69) is 32.5 Å². The van der Waals surface area contributed by atoms with Gasteiger partial charge in [0.2, 0.25) is 0 Å². The maximum Gasteiger partial charge on any atom is 0.0949 e. The van der Waals surface area contributed by atoms with E-state index in [0.717, 1.165) is 32.8 Å². The first-order chi connectivity index (χ1) is 10.3. The number of ether oxygens (including phenoxy) is 1. The van der Waals surface area contributed by atoms with Crippen molar-refractivity contribution in [2.75, 3.05) is 19.8 Å². The minimum absolute atomic E-state index is 0.387. The standard InChI is InChI=1S/C16H22N4O/c1-3-21-11-14-9-20(8-13-5-4-6-17-7-13)10-15-16(14)19(2)12-18-15/h4-7,12,14H,3,8-11H2,1-2H3/t14-/m1/s1. The van der Waals surface area contributed by atoms with Crippen molar-refractivity contribution in [3.8, 4) is 0 Å². The third-order valence-corrected chi connectivity index (χ3v) is 3.95. The first-order valence-electron chi connectivity index (χ1n) is 7.47. The fourth-order valence-corrected chi connectivity index (χ4v) is 3.07. The van der Waals surface area contributed by atoms with Crippen molar-refractivity contribution in [2.24, 2.45) is 7.05 Å². The van der Waals surface area contributed by atoms with Crippen LogP contribution in [0.2, 0.25) is 0 Å². The predicted molar refractivity (Wildman–Crippen MR) is 80.8 cm³/mol. The molecule has 1 atom stereocenters. The minimum atomic E-state index is 0.387. The normalized spacial score (nSPS) is 18.7. The lowest BCUT2D eigenvalue weighted by Gasteiger charge is -2.32. The summed E-state index contributed by atoms with van der Waals surface area (Å²) in [5.41, 5.74) is 3.75. The molecule has 2 aromatic rings. The number of hydrogen-bond acceptors (Lipinski definition) is 4. The number of imidazole rings is 1. The Morgan fingerprint density at radius 3 is 3.10 bits per heavy atom. The van der Waals surface area contributed by atoms with E-state index in [1.54, 1.807) is 0 Å². The van der Waals surface area contributed by atoms with Gasteiger partial charge in [-0.15, -0.1) is 0 Å². The SMILES string of the molecule is CCOC[C@H]1CN(Cc2cccnc2)Cc2ncn(C)c21. The number of rotatable bonds is 5. The van der Waals surface area contributed by atoms with Crippen LogP contribution < -0.4 is 0 Å². The predicted octanol–water partition coefficient (Wildman–Crippen LogP) is 1.95. The van der Waals surface area contributed by atoms with Gasteiger partial charge in [-0.05, 0) is 18.6 Å². The van der Waals surface area contributed by atoms with Gasteiger partial charge in [-0.2, -0.15) is 0 Å². The van der Waals surface area contributed by atoms with Crippen LogP contribution in [-0.2, 0) is 24.9 Å². The van der Waals surface area contributed by atoms with E-state index in [9.17, 15) is 0 Å². The fraction of sp³-hybridized carbons (Fsp3) is 0.500. The van der Waals surface area contributed by atoms with E-state index < -0.39 is 0 Å². The Labute approximate surface area is 125 Å². The molecule has 3 rings (SSSR count). The third-order valence-electron chi connectivity index (χ3n) is 3.95. The molecule has 0 saturated heterocycles. The quantitative estimate of drug-likeness (QED) is 0.842. The second kappa shape index (κ2) is 6.37. The van der Waals surface area contributed by atoms with Crippen molar-refractivity contribution in [3.63, 3.8) is 0 Å². The molecule has 0 unspecified atom stereocenters. The number of aromatic nitrogens is 3. The van der Waals surface area contributed by atoms with Gasteiger partial charge in [-0.3, -0.25) is 9.88 Å². The molecule has 21 heavy (non-hydrogen) atoms. The smallest absolute Gasteiger partial charge is 0.0949 e. The molecule has 3 heterocycles. The Hall–Kier alpha value is -1.72. The number of pyridine rings is 1. The van der Waals surface area contributed by atoms with Gasteiger partial charge in [0.25, 0.3) is 0 Å². The molecule has 5 nitrogen and oxygen atoms in total. The largest absolute Gasteiger partial charge is 0.381 e. The highest BCUT2D eigenvalue weighted by molar-refractivity contribution is 5.22. The summed E-state index contributed by atoms with van der Waals surface area (Å²) in [4.78, 5) is 11.2. The molecular formula is C16H22N4O. The Balaban J connectivity index is 1.77. The zero-order chi connectivity index (χ0) is 14.7. The van der Waals surface area contributed by atoms with Gasteiger partial charge in [0, 0.05) is 57.3 Å². The first-order valence-corrected chi connectivity index (χ1v) is 7.47. The maximum atomic E-state index is 5.67. The van der Waals surface area contributed by atoms with Crippen LogP contribution in [0.4, 0.5) is 0 Å². The van der Waals surface area contributed by atoms with Crippen molar-refractivity contribution in [1.29, 1.82) is 0 Å². The van der Waals surface area contributed by atoms with E-state index >= 15 is 0 Å². The molecule has 1 aliphatic rings. The van der Waals surface area contributed by atoms with Crippen molar-refractivity contribution in [1.82, 2.24) is 19.4 Å². The lowest BCUT2D eigenvalue weighted by Crippen LogP contribution is -2.36. The Morgan fingerprint density at radius 2 is 2.33 bits per heavy atom. The van der Waals surface area contributed by atoms with Gasteiger partial charge in [0.15, 0.2) is 0 Å². The summed E-state index contributed by atoms with van der Waals surface area (Å²) in [6.07, 6.45) is 5.66. The molecule has 0 bridgehead atoms. The van der Waals surface area contributed by atoms with Crippen molar-refractivity contribution < 1.29 is 4.74 Å². The molecule has 2 aromatic heterocycles. The van der Waals surface area contributed by atoms with E-state index in [-0.39, 0.29) is 0 Å². The Bertz CT molecular complexity index is 581. The molecule has 0 saturated carbocycles. The molecule has 0 amide bonds. The van der Waals surface area contributed by atoms with Crippen LogP contribution in [-0.4, -0.2) is 39.2 Å². The van der Waals surface area contributed by atoms with Gasteiger partial charge in [-0.1, -0.05) is 6.07 Å². The fourth-order valence-electron chi connectivity index (χ4n) is 3.07. The van der Waals surface area contributed by atoms with Crippen molar-refractivity contribution in [2.45, 2.75) is 25.9 Å². The molecule has 112 valence electrons. The molecule has 0 N–H and O–H groups in total. The Morgan fingerprint density at radius 1 is 1.43 bits per heavy atom. The van der Waals surface area contributed by atoms with Crippen LogP contribution in [0.1, 0.15) is 29.8 Å². The summed E-state index contributed by atoms with van der Waals surface area (Å²) < 4.78 is 7.81. The van der Waals surface area contributed by atoms with E-state index in [4.69, 9.17) is 4.74 Å². The van der Waals surface area contributed by atoms with Crippen LogP contribution in [0.3, 0.4) is 0 Å². The highest BCUT2D eigenvalue weighted by atomic mass is 16.5. The summed E-state index contributed by atoms with van der Waals surface area (Å²) >= 11 is 0. The molecule has 5 heteroatoms. The average Bonchev–Trinajstić information content (AvgIpc) is 2.87. The van der Waals surface area contributed by atoms with Gasteiger partial charge >= 0.3 is 0 Å². The van der Waals surface area contributed by atoms with Crippen LogP contribution in [0.5, 0.6) is 0 Å². The van der Waals surface area contributed by atoms with Crippen molar-refractivity contribution in [3.05, 3.63) is 47.8 Å². The van der Waals surface area contributed by atoms with Gasteiger partial charge in [0.05, 0.1) is 18.6 Å². The second-order valence-corrected chi connectivity index (χ2v) is 5.57. The molecule has 0 aromatic carbocycles. The molecule has 0 radical (unpaired) electrons. The van der Waals surface area contributed by atoms with Crippen LogP contribution in [0.25, 0.3) is 0 Å². The molecule has 0 spiro atoms. The minimum Gasteiger partial charge on any atom is -0.381 e. The summed E-state index contributed by atoms with van der Waals surface area (Å²) in [6, 6.07) is 4.11. The van der Waals surface area contributed by atoms with E-state index in [1.807, 2.05) is 31.7 Å². The molecule has 1 aliphatic heterocycles. The molecular weight excluding hydrogens is 264 g/mol. The number of aryl methyl sites for hydroxylation is 1. The number of fused-ring (bicyclic) bond motifs is 1. The van der Waals surface area contributed by atoms with Gasteiger partial charge in [0.1, 0.15) is 0 Å². The van der Waals surface area contributed by atoms with E-state index in [1.165, 1.54) is 17.0 Å². The topological polar surface area (TPSA) is 43.2 Å². The Kier molecular flexibility index (Phi) is 4.31. The highest BCUT2D eigenvalue weighted by Gasteiger charge is 2.28. The summed E-state index contributed by atoms with van der Waals surface area (Å²) in [7, 11) is 2.07. The second-order valence-electron chi connectivity index (χ2n) is 5.57. The van der Waals surface area contributed by atoms with Crippen LogP contribution >= 0.6 is 0 Å². The molecule has 0 fully saturated rings. The highest BCUT2D eigenvalue weighted by Crippen LogP contribution is 2.28. The van der Waals surface area contributed by atoms with Crippen LogP contribution in [0, 0.1) is 0 Å². The average molecular weight is 286 g/mol. The summed E-state index contributed by atoms with van der Waals surface area (Å²) in [5.74, 6) is 0.387. The van der Waals surface area contributed by atoms with Crippen molar-refractivity contribution >= 4 is 0 Å². The zero-order valence-electron chi connectivity index (χ0n) is 12.7. The lowest BCUT2D eigenvalue weighted by atomic mass is 9.98. The first kappa shape index (κ1) is 14.2. The van der Waals surface area contributed by atoms with E-state index in [0.29, 0.717) is 5.92 Å². The number of hydrogen-bond donors (Lipinski definition) is 0. The third kappa shape index (κ3) is 3.14. The summed E-state index contributed by atoms with van der Waals surface area (Å²) in [5, 5.41) is 0. The van der Waals surface area contributed by atoms with Gasteiger partial charge < -0.3 is 9.30 Å². The zero-order valence-corrected chi connectivity index (χ0v) is 12.7. The molecule has 0 aliphatic carbocycles. The summed E-state index contributed by atoms with van der Waals surface area (Å²) in [6.45, 7) is 6.36.